The first kappa shape index (κ1) is 11.8. The van der Waals surface area contributed by atoms with Crippen LogP contribution in [0.1, 0.15) is 46.0 Å². The van der Waals surface area contributed by atoms with Crippen molar-refractivity contribution in [2.24, 2.45) is 5.92 Å². The molecule has 0 N–H and O–H groups in total. The fraction of sp³-hybridized carbons (Fsp3) is 0.786. The molecule has 0 aromatic carbocycles. The maximum Gasteiger partial charge on any atom is 0.157 e. The van der Waals surface area contributed by atoms with Crippen LogP contribution in [-0.2, 0) is 4.79 Å². The highest BCUT2D eigenvalue weighted by Gasteiger charge is 2.35. The molecule has 2 rings (SSSR count). The number of hydrogen-bond donors (Lipinski definition) is 0. The SMILES string of the molecule is CC(C)C(=O)/C=C/CN1C2CCCC1CC2. The highest BCUT2D eigenvalue weighted by Crippen LogP contribution is 2.34. The van der Waals surface area contributed by atoms with E-state index in [1.54, 1.807) is 6.08 Å². The van der Waals surface area contributed by atoms with Gasteiger partial charge in [-0.05, 0) is 31.8 Å². The van der Waals surface area contributed by atoms with Gasteiger partial charge in [0.05, 0.1) is 0 Å². The van der Waals surface area contributed by atoms with E-state index in [0.29, 0.717) is 0 Å². The first-order valence-electron chi connectivity index (χ1n) is 6.64. The van der Waals surface area contributed by atoms with E-state index in [2.05, 4.69) is 11.0 Å². The Bertz CT molecular complexity index is 266. The molecule has 2 heteroatoms. The molecule has 0 aromatic heterocycles. The maximum absolute atomic E-state index is 11.5. The Morgan fingerprint density at radius 1 is 1.25 bits per heavy atom. The van der Waals surface area contributed by atoms with Gasteiger partial charge in [-0.3, -0.25) is 9.69 Å². The van der Waals surface area contributed by atoms with Crippen LogP contribution in [0.4, 0.5) is 0 Å². The highest BCUT2D eigenvalue weighted by atomic mass is 16.1. The summed E-state index contributed by atoms with van der Waals surface area (Å²) < 4.78 is 0. The fourth-order valence-electron chi connectivity index (χ4n) is 3.01. The van der Waals surface area contributed by atoms with Crippen LogP contribution in [0, 0.1) is 5.92 Å². The van der Waals surface area contributed by atoms with Gasteiger partial charge >= 0.3 is 0 Å². The molecule has 2 aliphatic heterocycles. The minimum absolute atomic E-state index is 0.134. The van der Waals surface area contributed by atoms with Crippen LogP contribution in [0.3, 0.4) is 0 Å². The lowest BCUT2D eigenvalue weighted by Crippen LogP contribution is -2.39. The van der Waals surface area contributed by atoms with E-state index >= 15 is 0 Å². The zero-order chi connectivity index (χ0) is 11.5. The number of allylic oxidation sites excluding steroid dienone is 1. The zero-order valence-corrected chi connectivity index (χ0v) is 10.5. The van der Waals surface area contributed by atoms with Crippen molar-refractivity contribution in [1.82, 2.24) is 4.90 Å². The summed E-state index contributed by atoms with van der Waals surface area (Å²) in [7, 11) is 0. The van der Waals surface area contributed by atoms with Gasteiger partial charge in [0.1, 0.15) is 0 Å². The van der Waals surface area contributed by atoms with Crippen molar-refractivity contribution < 1.29 is 4.79 Å². The lowest BCUT2D eigenvalue weighted by molar-refractivity contribution is -0.117. The molecule has 0 radical (unpaired) electrons. The number of ketones is 1. The third-order valence-electron chi connectivity index (χ3n) is 4.01. The molecule has 0 amide bonds. The van der Waals surface area contributed by atoms with E-state index in [1.807, 2.05) is 13.8 Å². The Morgan fingerprint density at radius 3 is 2.44 bits per heavy atom. The summed E-state index contributed by atoms with van der Waals surface area (Å²) in [4.78, 5) is 14.1. The summed E-state index contributed by atoms with van der Waals surface area (Å²) in [6.07, 6.45) is 10.7. The van der Waals surface area contributed by atoms with Crippen molar-refractivity contribution in [2.45, 2.75) is 58.0 Å². The first-order valence-corrected chi connectivity index (χ1v) is 6.64. The van der Waals surface area contributed by atoms with E-state index in [1.165, 1.54) is 32.1 Å². The Balaban J connectivity index is 1.84. The topological polar surface area (TPSA) is 20.3 Å². The minimum Gasteiger partial charge on any atom is -0.295 e. The summed E-state index contributed by atoms with van der Waals surface area (Å²) >= 11 is 0. The molecule has 16 heavy (non-hydrogen) atoms. The van der Waals surface area contributed by atoms with Gasteiger partial charge in [-0.2, -0.15) is 0 Å². The summed E-state index contributed by atoms with van der Waals surface area (Å²) in [6.45, 7) is 4.89. The molecule has 0 spiro atoms. The number of nitrogens with zero attached hydrogens (tertiary/aromatic N) is 1. The molecule has 90 valence electrons. The van der Waals surface area contributed by atoms with Gasteiger partial charge < -0.3 is 0 Å². The number of carbonyl (C=O) groups is 1. The van der Waals surface area contributed by atoms with Crippen LogP contribution in [0.2, 0.25) is 0 Å². The number of piperidine rings is 1. The lowest BCUT2D eigenvalue weighted by Gasteiger charge is -2.33. The molecule has 2 nitrogen and oxygen atoms in total. The standard InChI is InChI=1S/C14H23NO/c1-11(2)14(16)7-4-10-15-12-5-3-6-13(15)9-8-12/h4,7,11-13H,3,5-6,8-10H2,1-2H3/b7-4+. The Hall–Kier alpha value is -0.630. The van der Waals surface area contributed by atoms with Gasteiger partial charge in [-0.25, -0.2) is 0 Å². The average Bonchev–Trinajstić information content (AvgIpc) is 2.50. The molecular weight excluding hydrogens is 198 g/mol. The summed E-state index contributed by atoms with van der Waals surface area (Å²) in [6, 6.07) is 1.61. The van der Waals surface area contributed by atoms with E-state index in [-0.39, 0.29) is 11.7 Å². The number of rotatable bonds is 4. The average molecular weight is 221 g/mol. The number of carbonyl (C=O) groups excluding carboxylic acids is 1. The van der Waals surface area contributed by atoms with Gasteiger partial charge in [0.2, 0.25) is 0 Å². The Kier molecular flexibility index (Phi) is 3.80. The van der Waals surface area contributed by atoms with Gasteiger partial charge in [0.15, 0.2) is 5.78 Å². The fourth-order valence-corrected chi connectivity index (χ4v) is 3.01. The summed E-state index contributed by atoms with van der Waals surface area (Å²) in [5.74, 6) is 0.388. The molecule has 0 saturated carbocycles. The third-order valence-corrected chi connectivity index (χ3v) is 4.01. The van der Waals surface area contributed by atoms with E-state index < -0.39 is 0 Å². The largest absolute Gasteiger partial charge is 0.295 e. The summed E-state index contributed by atoms with van der Waals surface area (Å²) in [5, 5.41) is 0. The molecule has 2 atom stereocenters. The van der Waals surface area contributed by atoms with Gasteiger partial charge in [-0.1, -0.05) is 26.3 Å². The van der Waals surface area contributed by atoms with Crippen LogP contribution in [0.5, 0.6) is 0 Å². The predicted octanol–water partition coefficient (Wildman–Crippen LogP) is 2.78. The molecule has 2 heterocycles. The maximum atomic E-state index is 11.5. The van der Waals surface area contributed by atoms with Crippen LogP contribution < -0.4 is 0 Å². The molecule has 2 bridgehead atoms. The van der Waals surface area contributed by atoms with Gasteiger partial charge in [-0.15, -0.1) is 0 Å². The normalized spacial score (nSPS) is 30.4. The van der Waals surface area contributed by atoms with Crippen LogP contribution in [0.25, 0.3) is 0 Å². The van der Waals surface area contributed by atoms with Crippen LogP contribution in [0.15, 0.2) is 12.2 Å². The van der Waals surface area contributed by atoms with Crippen molar-refractivity contribution in [3.05, 3.63) is 12.2 Å². The Morgan fingerprint density at radius 2 is 1.88 bits per heavy atom. The Labute approximate surface area is 98.7 Å². The second kappa shape index (κ2) is 5.13. The molecule has 2 saturated heterocycles. The number of fused-ring (bicyclic) bond motifs is 2. The highest BCUT2D eigenvalue weighted by molar-refractivity contribution is 5.91. The van der Waals surface area contributed by atoms with Crippen molar-refractivity contribution in [2.75, 3.05) is 6.54 Å². The van der Waals surface area contributed by atoms with Crippen LogP contribution in [-0.4, -0.2) is 29.3 Å². The third kappa shape index (κ3) is 2.54. The first-order chi connectivity index (χ1) is 7.68. The zero-order valence-electron chi connectivity index (χ0n) is 10.5. The van der Waals surface area contributed by atoms with Crippen LogP contribution >= 0.6 is 0 Å². The van der Waals surface area contributed by atoms with E-state index in [0.717, 1.165) is 18.6 Å². The van der Waals surface area contributed by atoms with E-state index in [9.17, 15) is 4.79 Å². The second-order valence-corrected chi connectivity index (χ2v) is 5.47. The van der Waals surface area contributed by atoms with Gasteiger partial charge in [0.25, 0.3) is 0 Å². The molecule has 0 aromatic rings. The molecule has 2 unspecified atom stereocenters. The molecule has 0 aliphatic carbocycles. The monoisotopic (exact) mass is 221 g/mol. The van der Waals surface area contributed by atoms with E-state index in [4.69, 9.17) is 0 Å². The molecule has 2 fully saturated rings. The second-order valence-electron chi connectivity index (χ2n) is 5.47. The summed E-state index contributed by atoms with van der Waals surface area (Å²) in [5.41, 5.74) is 0. The van der Waals surface area contributed by atoms with Crippen molar-refractivity contribution >= 4 is 5.78 Å². The quantitative estimate of drug-likeness (QED) is 0.680. The predicted molar refractivity (Wildman–Crippen MR) is 66.4 cm³/mol. The van der Waals surface area contributed by atoms with Crippen molar-refractivity contribution in [1.29, 1.82) is 0 Å². The number of hydrogen-bond acceptors (Lipinski definition) is 2. The lowest BCUT2D eigenvalue weighted by atomic mass is 10.0. The van der Waals surface area contributed by atoms with Crippen molar-refractivity contribution in [3.63, 3.8) is 0 Å². The van der Waals surface area contributed by atoms with Gasteiger partial charge in [0, 0.05) is 24.5 Å². The molecule has 2 aliphatic rings. The smallest absolute Gasteiger partial charge is 0.157 e. The molecular formula is C14H23NO. The van der Waals surface area contributed by atoms with Crippen molar-refractivity contribution in [3.8, 4) is 0 Å². The minimum atomic E-state index is 0.134.